The number of aldehydes is 1. The van der Waals surface area contributed by atoms with Crippen LogP contribution < -0.4 is 83.4 Å². The number of nitrogens with one attached hydrogen (secondary N) is 7. The Bertz CT molecular complexity index is 2320. The van der Waals surface area contributed by atoms with Crippen LogP contribution in [0.15, 0.2) is 60.7 Å². The molecule has 21 N–H and O–H groups in total. The topological polar surface area (TPSA) is 444 Å². The summed E-state index contributed by atoms with van der Waals surface area (Å²) in [5, 5.41) is 92.3. The van der Waals surface area contributed by atoms with E-state index >= 15 is 0 Å². The molecule has 0 heterocycles. The molecule has 0 aliphatic heterocycles. The third kappa shape index (κ3) is 121. The zero-order valence-electron chi connectivity index (χ0n) is 76.8. The van der Waals surface area contributed by atoms with Crippen LogP contribution in [-0.2, 0) is 51.5 Å². The SMILES string of the molecule is C1CC1.CB(O)NCCCCC(C)C(=O)O.CB(O)NCCCCC(C)C=O.CB(O)NCCCCC(C)CNCc1ccccc1.CB(O)NCCCCC(C)CO.CB(O)NCCCCC(N)CN.CC(=O)OOC(C)=O.CCCN(CCC)CC(CCCCNB(C)O)N(CCC)CCC.NCc1ccccc1.[B-]OC(C)=O.[Na+]. The minimum atomic E-state index is -0.733. The molecule has 28 nitrogen and oxygen atoms in total. The van der Waals surface area contributed by atoms with Gasteiger partial charge in [-0.3, -0.25) is 14.5 Å². The van der Waals surface area contributed by atoms with Gasteiger partial charge in [0.15, 0.2) is 0 Å². The minimum Gasteiger partial charge on any atom is -0.793 e. The second-order valence-corrected chi connectivity index (χ2v) is 30.1. The van der Waals surface area contributed by atoms with Gasteiger partial charge in [-0.15, -0.1) is 0 Å². The summed E-state index contributed by atoms with van der Waals surface area (Å²) in [6.45, 7) is 45.7. The molecule has 0 amide bonds. The van der Waals surface area contributed by atoms with Gasteiger partial charge in [-0.25, -0.2) is 19.4 Å². The van der Waals surface area contributed by atoms with Crippen molar-refractivity contribution >= 4 is 80.5 Å². The summed E-state index contributed by atoms with van der Waals surface area (Å²) in [5.41, 5.74) is 18.9. The number of hydrogen-bond acceptors (Lipinski definition) is 27. The molecule has 0 aromatic heterocycles. The maximum absolute atomic E-state index is 10.4. The number of unbranched alkanes of at least 4 members (excludes halogenated alkanes) is 6. The average Bonchev–Trinajstić information content (AvgIpc) is 1.26. The predicted molar refractivity (Wildman–Crippen MR) is 489 cm³/mol. The van der Waals surface area contributed by atoms with Crippen LogP contribution in [0.25, 0.3) is 0 Å². The van der Waals surface area contributed by atoms with Crippen molar-refractivity contribution in [2.75, 3.05) is 91.7 Å². The summed E-state index contributed by atoms with van der Waals surface area (Å²) in [4.78, 5) is 62.8. The number of aliphatic hydroxyl groups excluding tert-OH is 1. The molecule has 36 heteroatoms. The first-order valence-electron chi connectivity index (χ1n) is 43.5. The second kappa shape index (κ2) is 99.8. The minimum absolute atomic E-state index is 0. The largest absolute Gasteiger partial charge is 1.00 e. The van der Waals surface area contributed by atoms with E-state index in [2.05, 4.69) is 128 Å². The van der Waals surface area contributed by atoms with Gasteiger partial charge < -0.3 is 117 Å². The molecule has 2 aromatic rings. The van der Waals surface area contributed by atoms with Gasteiger partial charge >= 0.3 is 89.8 Å². The van der Waals surface area contributed by atoms with Gasteiger partial charge in [0.1, 0.15) is 6.29 Å². The van der Waals surface area contributed by atoms with E-state index in [0.717, 1.165) is 156 Å². The van der Waals surface area contributed by atoms with Gasteiger partial charge in [0.2, 0.25) is 5.97 Å². The number of carboxylic acids is 1. The van der Waals surface area contributed by atoms with Gasteiger partial charge in [-0.1, -0.05) is 174 Å². The number of rotatable bonds is 56. The molecular weight excluding hydrogens is 1500 g/mol. The van der Waals surface area contributed by atoms with E-state index in [9.17, 15) is 29.0 Å². The monoisotopic (exact) mass is 1670 g/mol. The number of aliphatic carboxylic acids is 1. The Balaban J connectivity index is -0.000000194. The van der Waals surface area contributed by atoms with E-state index < -0.39 is 52.1 Å². The third-order valence-electron chi connectivity index (χ3n) is 16.9. The van der Waals surface area contributed by atoms with Crippen molar-refractivity contribution in [2.24, 2.45) is 40.9 Å². The van der Waals surface area contributed by atoms with Crippen molar-refractivity contribution in [2.45, 2.75) is 303 Å². The Hall–Kier alpha value is -3.32. The fourth-order valence-corrected chi connectivity index (χ4v) is 10.3. The molecule has 1 aliphatic carbocycles. The summed E-state index contributed by atoms with van der Waals surface area (Å²) >= 11 is 0. The Morgan fingerprint density at radius 3 is 1.13 bits per heavy atom. The molecule has 6 unspecified atom stereocenters. The van der Waals surface area contributed by atoms with E-state index in [1.807, 2.05) is 50.2 Å². The van der Waals surface area contributed by atoms with Crippen molar-refractivity contribution in [3.63, 3.8) is 0 Å². The molecule has 6 atom stereocenters. The molecular formula is C81H171B7N12NaO16. The Morgan fingerprint density at radius 1 is 0.504 bits per heavy atom. The number of nitrogens with two attached hydrogens (primary N) is 3. The van der Waals surface area contributed by atoms with E-state index in [4.69, 9.17) is 52.5 Å². The molecule has 3 rings (SSSR count). The van der Waals surface area contributed by atoms with E-state index in [0.29, 0.717) is 37.4 Å². The van der Waals surface area contributed by atoms with E-state index in [-0.39, 0.29) is 68.1 Å². The van der Waals surface area contributed by atoms with Crippen LogP contribution in [0.3, 0.4) is 0 Å². The summed E-state index contributed by atoms with van der Waals surface area (Å²) in [7, 11) is 1.84. The van der Waals surface area contributed by atoms with Crippen molar-refractivity contribution in [1.29, 1.82) is 0 Å². The average molecular weight is 1670 g/mol. The first-order chi connectivity index (χ1) is 55.1. The molecule has 1 aliphatic rings. The van der Waals surface area contributed by atoms with Crippen molar-refractivity contribution < 1.29 is 108 Å². The fraction of sp³-hybridized carbons (Fsp3) is 0.790. The molecule has 673 valence electrons. The van der Waals surface area contributed by atoms with Crippen LogP contribution in [0.4, 0.5) is 0 Å². The van der Waals surface area contributed by atoms with Crippen LogP contribution in [0.2, 0.25) is 40.9 Å². The standard InChI is InChI=1S/C19H44BN3O.C15H27BN2O.C8H18BNO3.C8H20BNO2.C8H18BNO2.C7H20BN3O.C7H9N.C4H6O4.C3H6.C2H3BO2.Na/c1-6-14-22(15-7-2)18-19(23(16-8-3)17-9-4)12-10-11-13-21-20(5)24;1-14(8-6-7-11-18-16(2)19)12-17-13-15-9-4-3-5-10-15;1-7(8(11)12)5-3-4-6-10-9(2)13;2*1-8(7-11)5-3-4-6-10-9(2)12;1-8(12)11-5-3-2-4-7(10)6-9;8-6-7-4-2-1-3-5-7;1-3(5)7-8-4(2)6;1-2-3-1;1-2(4)5-3;/h19,21,24H,6-18H2,1-5H3;3-5,9-10,14,17-19H,6-8,11-13H2,1-2H3;7,10,13H,3-6H2,1-2H3,(H,11,12);8,10-12H,3-7H2,1-2H3;7-8,10,12H,3-6H2,1-2H3;7,11-12H,2-6,9-10H2,1H3;1-5H,6,8H2;1-2H3;1-3H2;1H3;/q;;;;;;;;;-1;+1. The smallest absolute Gasteiger partial charge is 0.793 e. The van der Waals surface area contributed by atoms with Crippen LogP contribution in [0, 0.1) is 23.7 Å². The molecule has 3 radical (unpaired) electrons. The summed E-state index contributed by atoms with van der Waals surface area (Å²) in [6, 6.07) is 21.3. The Morgan fingerprint density at radius 2 is 0.838 bits per heavy atom. The van der Waals surface area contributed by atoms with Gasteiger partial charge in [0.05, 0.1) is 5.92 Å². The van der Waals surface area contributed by atoms with E-state index in [1.54, 1.807) is 47.9 Å². The number of nitrogens with zero attached hydrogens (tertiary/aromatic N) is 2. The number of carboxylic acid groups (broad SMARTS) is 1. The van der Waals surface area contributed by atoms with Crippen LogP contribution in [0.1, 0.15) is 248 Å². The maximum atomic E-state index is 10.4. The zero-order chi connectivity index (χ0) is 89.4. The van der Waals surface area contributed by atoms with Crippen LogP contribution in [-0.4, -0.2) is 234 Å². The first-order valence-corrected chi connectivity index (χ1v) is 43.5. The molecule has 0 bridgehead atoms. The number of aliphatic hydroxyl groups is 1. The van der Waals surface area contributed by atoms with Crippen molar-refractivity contribution in [1.82, 2.24) is 46.5 Å². The van der Waals surface area contributed by atoms with Crippen molar-refractivity contribution in [3.05, 3.63) is 71.8 Å². The molecule has 2 aromatic carbocycles. The molecule has 1 saturated carbocycles. The summed E-state index contributed by atoms with van der Waals surface area (Å²) < 4.78 is 3.61. The summed E-state index contributed by atoms with van der Waals surface area (Å²) in [5.74, 6) is -1.44. The molecule has 0 spiro atoms. The van der Waals surface area contributed by atoms with Crippen LogP contribution >= 0.6 is 0 Å². The number of benzene rings is 2. The molecule has 0 saturated heterocycles. The molecule has 117 heavy (non-hydrogen) atoms. The predicted octanol–water partition coefficient (Wildman–Crippen LogP) is 5.63. The van der Waals surface area contributed by atoms with E-state index in [1.165, 1.54) is 121 Å². The first kappa shape index (κ1) is 129. The second-order valence-electron chi connectivity index (χ2n) is 30.1. The third-order valence-corrected chi connectivity index (χ3v) is 16.9. The Kier molecular flexibility index (Phi) is 110. The van der Waals surface area contributed by atoms with Gasteiger partial charge in [-0.05, 0) is 239 Å². The van der Waals surface area contributed by atoms with Crippen molar-refractivity contribution in [3.8, 4) is 0 Å². The number of carbonyl (C=O) groups excluding carboxylic acids is 4. The fourth-order valence-electron chi connectivity index (χ4n) is 10.3. The normalized spacial score (nSPS) is 12.1. The van der Waals surface area contributed by atoms with Gasteiger partial charge in [-0.2, -0.15) is 0 Å². The quantitative estimate of drug-likeness (QED) is 0.0125. The van der Waals surface area contributed by atoms with Crippen LogP contribution in [0.5, 0.6) is 0 Å². The van der Waals surface area contributed by atoms with Gasteiger partial charge in [0.25, 0.3) is 0 Å². The Labute approximate surface area is 737 Å². The maximum Gasteiger partial charge on any atom is 1.00 e. The van der Waals surface area contributed by atoms with Gasteiger partial charge in [0, 0.05) is 71.6 Å². The summed E-state index contributed by atoms with van der Waals surface area (Å²) in [6.07, 6.45) is 29.5. The molecule has 1 fully saturated rings. The number of carbonyl (C=O) groups is 5. The number of hydrogen-bond donors (Lipinski definition) is 18. The zero-order valence-corrected chi connectivity index (χ0v) is 78.8.